The van der Waals surface area contributed by atoms with Crippen LogP contribution in [0.3, 0.4) is 0 Å². The summed E-state index contributed by atoms with van der Waals surface area (Å²) in [5.74, 6) is 0. The quantitative estimate of drug-likeness (QED) is 0.627. The molecule has 3 aromatic heterocycles. The lowest BCUT2D eigenvalue weighted by Crippen LogP contribution is -1.80. The van der Waals surface area contributed by atoms with Crippen molar-refractivity contribution in [3.8, 4) is 11.3 Å². The van der Waals surface area contributed by atoms with Gasteiger partial charge in [-0.1, -0.05) is 11.6 Å². The number of imidazole rings is 1. The second kappa shape index (κ2) is 3.36. The highest BCUT2D eigenvalue weighted by Gasteiger charge is 2.06. The maximum absolute atomic E-state index is 6.05. The fourth-order valence-corrected chi connectivity index (χ4v) is 2.39. The summed E-state index contributed by atoms with van der Waals surface area (Å²) in [7, 11) is 0. The number of hydrogen-bond acceptors (Lipinski definition) is 2. The van der Waals surface area contributed by atoms with Crippen molar-refractivity contribution < 1.29 is 0 Å². The molecule has 0 bridgehead atoms. The van der Waals surface area contributed by atoms with Gasteiger partial charge in [-0.2, -0.15) is 11.3 Å². The van der Waals surface area contributed by atoms with Crippen LogP contribution >= 0.6 is 22.9 Å². The largest absolute Gasteiger partial charge is 0.305 e. The second-order valence-electron chi connectivity index (χ2n) is 3.23. The van der Waals surface area contributed by atoms with Crippen molar-refractivity contribution in [3.05, 3.63) is 46.4 Å². The smallest absolute Gasteiger partial charge is 0.156 e. The third-order valence-corrected chi connectivity index (χ3v) is 3.23. The number of hydrogen-bond donors (Lipinski definition) is 0. The number of pyridine rings is 1. The first-order valence-electron chi connectivity index (χ1n) is 4.50. The van der Waals surface area contributed by atoms with Gasteiger partial charge < -0.3 is 4.40 Å². The maximum atomic E-state index is 6.05. The van der Waals surface area contributed by atoms with Gasteiger partial charge in [0.05, 0.1) is 10.7 Å². The third kappa shape index (κ3) is 1.44. The van der Waals surface area contributed by atoms with Crippen LogP contribution in [0.15, 0.2) is 41.4 Å². The minimum absolute atomic E-state index is 0.680. The average molecular weight is 235 g/mol. The molecular formula is C11H7ClN2S. The van der Waals surface area contributed by atoms with Crippen LogP contribution in [-0.2, 0) is 0 Å². The Hall–Kier alpha value is -1.32. The summed E-state index contributed by atoms with van der Waals surface area (Å²) >= 11 is 7.72. The first-order valence-corrected chi connectivity index (χ1v) is 5.82. The first kappa shape index (κ1) is 8.95. The fraction of sp³-hybridized carbons (Fsp3) is 0. The van der Waals surface area contributed by atoms with E-state index < -0.39 is 0 Å². The van der Waals surface area contributed by atoms with Crippen LogP contribution in [0.25, 0.3) is 16.9 Å². The molecule has 0 saturated carbocycles. The van der Waals surface area contributed by atoms with E-state index in [1.54, 1.807) is 11.3 Å². The van der Waals surface area contributed by atoms with Gasteiger partial charge in [-0.3, -0.25) is 0 Å². The molecule has 3 heterocycles. The molecule has 3 rings (SSSR count). The monoisotopic (exact) mass is 234 g/mol. The van der Waals surface area contributed by atoms with Crippen LogP contribution in [0.2, 0.25) is 5.02 Å². The van der Waals surface area contributed by atoms with Crippen molar-refractivity contribution in [1.82, 2.24) is 9.38 Å². The highest BCUT2D eigenvalue weighted by Crippen LogP contribution is 2.24. The molecule has 3 aromatic rings. The predicted octanol–water partition coefficient (Wildman–Crippen LogP) is 3.72. The van der Waals surface area contributed by atoms with Crippen molar-refractivity contribution in [2.24, 2.45) is 0 Å². The molecule has 0 unspecified atom stereocenters. The summed E-state index contributed by atoms with van der Waals surface area (Å²) in [4.78, 5) is 4.49. The molecule has 0 fully saturated rings. The standard InChI is InChI=1S/C11H7ClN2S/c12-9-2-1-4-14-6-10(13-11(9)14)8-3-5-15-7-8/h1-7H. The molecule has 0 saturated heterocycles. The molecule has 0 atom stereocenters. The second-order valence-corrected chi connectivity index (χ2v) is 4.41. The number of thiophene rings is 1. The van der Waals surface area contributed by atoms with Crippen LogP contribution in [0, 0.1) is 0 Å². The molecule has 4 heteroatoms. The van der Waals surface area contributed by atoms with E-state index in [9.17, 15) is 0 Å². The zero-order valence-electron chi connectivity index (χ0n) is 7.72. The van der Waals surface area contributed by atoms with Crippen LogP contribution < -0.4 is 0 Å². The molecule has 0 amide bonds. The molecule has 0 N–H and O–H groups in total. The van der Waals surface area contributed by atoms with E-state index in [-0.39, 0.29) is 0 Å². The Morgan fingerprint density at radius 1 is 1.33 bits per heavy atom. The summed E-state index contributed by atoms with van der Waals surface area (Å²) in [6, 6.07) is 5.82. The Morgan fingerprint density at radius 2 is 2.27 bits per heavy atom. The van der Waals surface area contributed by atoms with Crippen molar-refractivity contribution in [2.75, 3.05) is 0 Å². The topological polar surface area (TPSA) is 17.3 Å². The van der Waals surface area contributed by atoms with Crippen molar-refractivity contribution in [1.29, 1.82) is 0 Å². The van der Waals surface area contributed by atoms with Crippen LogP contribution in [0.4, 0.5) is 0 Å². The van der Waals surface area contributed by atoms with Gasteiger partial charge in [0.1, 0.15) is 0 Å². The van der Waals surface area contributed by atoms with Gasteiger partial charge in [-0.05, 0) is 23.6 Å². The minimum atomic E-state index is 0.680. The molecule has 0 radical (unpaired) electrons. The van der Waals surface area contributed by atoms with E-state index in [1.807, 2.05) is 34.3 Å². The SMILES string of the molecule is Clc1cccn2cc(-c3ccsc3)nc12. The van der Waals surface area contributed by atoms with Gasteiger partial charge in [0, 0.05) is 23.3 Å². The molecule has 0 spiro atoms. The summed E-state index contributed by atoms with van der Waals surface area (Å²) in [6.07, 6.45) is 3.94. The number of nitrogens with zero attached hydrogens (tertiary/aromatic N) is 2. The number of rotatable bonds is 1. The lowest BCUT2D eigenvalue weighted by Gasteiger charge is -1.92. The summed E-state index contributed by atoms with van der Waals surface area (Å²) in [5.41, 5.74) is 2.91. The summed E-state index contributed by atoms with van der Waals surface area (Å²) < 4.78 is 1.94. The summed E-state index contributed by atoms with van der Waals surface area (Å²) in [6.45, 7) is 0. The first-order chi connectivity index (χ1) is 7.34. The predicted molar refractivity (Wildman–Crippen MR) is 63.5 cm³/mol. The highest BCUT2D eigenvalue weighted by atomic mass is 35.5. The van der Waals surface area contributed by atoms with Gasteiger partial charge in [-0.25, -0.2) is 4.98 Å². The normalized spacial score (nSPS) is 11.0. The van der Waals surface area contributed by atoms with Crippen molar-refractivity contribution in [3.63, 3.8) is 0 Å². The molecule has 0 aliphatic heterocycles. The lowest BCUT2D eigenvalue weighted by molar-refractivity contribution is 1.19. The fourth-order valence-electron chi connectivity index (χ4n) is 1.53. The van der Waals surface area contributed by atoms with E-state index in [4.69, 9.17) is 11.6 Å². The van der Waals surface area contributed by atoms with Crippen molar-refractivity contribution >= 4 is 28.6 Å². The minimum Gasteiger partial charge on any atom is -0.305 e. The van der Waals surface area contributed by atoms with Crippen LogP contribution in [0.5, 0.6) is 0 Å². The molecule has 74 valence electrons. The molecule has 0 aliphatic carbocycles. The van der Waals surface area contributed by atoms with E-state index in [0.717, 1.165) is 16.9 Å². The number of aromatic nitrogens is 2. The Balaban J connectivity index is 2.27. The Labute approximate surface area is 95.8 Å². The molecule has 0 aromatic carbocycles. The van der Waals surface area contributed by atoms with Gasteiger partial charge in [-0.15, -0.1) is 0 Å². The number of halogens is 1. The molecular weight excluding hydrogens is 228 g/mol. The van der Waals surface area contributed by atoms with Crippen LogP contribution in [0.1, 0.15) is 0 Å². The Bertz CT molecular complexity index is 598. The van der Waals surface area contributed by atoms with Gasteiger partial charge >= 0.3 is 0 Å². The molecule has 15 heavy (non-hydrogen) atoms. The van der Waals surface area contributed by atoms with Gasteiger partial charge in [0.2, 0.25) is 0 Å². The highest BCUT2D eigenvalue weighted by molar-refractivity contribution is 7.08. The maximum Gasteiger partial charge on any atom is 0.156 e. The van der Waals surface area contributed by atoms with Gasteiger partial charge in [0.25, 0.3) is 0 Å². The summed E-state index contributed by atoms with van der Waals surface area (Å²) in [5, 5.41) is 4.80. The van der Waals surface area contributed by atoms with E-state index in [1.165, 1.54) is 0 Å². The Morgan fingerprint density at radius 3 is 3.00 bits per heavy atom. The van der Waals surface area contributed by atoms with Gasteiger partial charge in [0.15, 0.2) is 5.65 Å². The van der Waals surface area contributed by atoms with E-state index in [0.29, 0.717) is 5.02 Å². The molecule has 2 nitrogen and oxygen atoms in total. The third-order valence-electron chi connectivity index (χ3n) is 2.25. The average Bonchev–Trinajstić information content (AvgIpc) is 2.86. The van der Waals surface area contributed by atoms with Crippen LogP contribution in [-0.4, -0.2) is 9.38 Å². The number of fused-ring (bicyclic) bond motifs is 1. The van der Waals surface area contributed by atoms with Crippen molar-refractivity contribution in [2.45, 2.75) is 0 Å². The van der Waals surface area contributed by atoms with E-state index in [2.05, 4.69) is 16.4 Å². The lowest BCUT2D eigenvalue weighted by atomic mass is 10.3. The molecule has 0 aliphatic rings. The zero-order valence-corrected chi connectivity index (χ0v) is 9.29. The zero-order chi connectivity index (χ0) is 10.3. The van der Waals surface area contributed by atoms with E-state index >= 15 is 0 Å². The Kier molecular flexibility index (Phi) is 2.01.